The van der Waals surface area contributed by atoms with E-state index in [9.17, 15) is 0 Å². The molecule has 1 aliphatic heterocycles. The Morgan fingerprint density at radius 1 is 0.941 bits per heavy atom. The van der Waals surface area contributed by atoms with Gasteiger partial charge >= 0.3 is 0 Å². The van der Waals surface area contributed by atoms with Crippen molar-refractivity contribution < 1.29 is 0 Å². The zero-order valence-electron chi connectivity index (χ0n) is 9.47. The fraction of sp³-hybridized carbons (Fsp3) is 0.133. The Balaban J connectivity index is 1.90. The third kappa shape index (κ3) is 1.96. The van der Waals surface area contributed by atoms with Gasteiger partial charge in [-0.1, -0.05) is 60.7 Å². The highest BCUT2D eigenvalue weighted by molar-refractivity contribution is 7.81. The van der Waals surface area contributed by atoms with Crippen LogP contribution in [0.1, 0.15) is 11.1 Å². The second-order valence-electron chi connectivity index (χ2n) is 4.28. The van der Waals surface area contributed by atoms with Gasteiger partial charge in [-0.05, 0) is 11.6 Å². The van der Waals surface area contributed by atoms with Crippen molar-refractivity contribution in [2.45, 2.75) is 6.54 Å². The normalized spacial score (nSPS) is 13.9. The standard InChI is InChI=1S/C15H13NS/c17-15-11-16(10-12-6-2-1-3-7-12)14-9-5-4-8-13(14)15/h1-9H,10-11H2. The first-order valence-electron chi connectivity index (χ1n) is 5.76. The summed E-state index contributed by atoms with van der Waals surface area (Å²) < 4.78 is 0. The van der Waals surface area contributed by atoms with Gasteiger partial charge in [0.05, 0.1) is 6.54 Å². The molecule has 2 aromatic rings. The first-order chi connectivity index (χ1) is 8.34. The van der Waals surface area contributed by atoms with Crippen LogP contribution < -0.4 is 4.90 Å². The molecule has 17 heavy (non-hydrogen) atoms. The predicted molar refractivity (Wildman–Crippen MR) is 75.6 cm³/mol. The minimum absolute atomic E-state index is 0.865. The van der Waals surface area contributed by atoms with Gasteiger partial charge in [0.2, 0.25) is 0 Å². The lowest BCUT2D eigenvalue weighted by Crippen LogP contribution is -2.21. The number of anilines is 1. The first kappa shape index (κ1) is 10.5. The van der Waals surface area contributed by atoms with Crippen LogP contribution in [0.15, 0.2) is 54.6 Å². The van der Waals surface area contributed by atoms with Gasteiger partial charge in [-0.3, -0.25) is 0 Å². The zero-order valence-corrected chi connectivity index (χ0v) is 10.3. The summed E-state index contributed by atoms with van der Waals surface area (Å²) in [6.07, 6.45) is 0. The van der Waals surface area contributed by atoms with Crippen LogP contribution in [0.3, 0.4) is 0 Å². The van der Waals surface area contributed by atoms with Crippen molar-refractivity contribution in [3.63, 3.8) is 0 Å². The molecule has 2 aromatic carbocycles. The quantitative estimate of drug-likeness (QED) is 0.739. The van der Waals surface area contributed by atoms with E-state index in [4.69, 9.17) is 12.2 Å². The van der Waals surface area contributed by atoms with Crippen molar-refractivity contribution in [3.8, 4) is 0 Å². The summed E-state index contributed by atoms with van der Waals surface area (Å²) in [5.74, 6) is 0. The molecule has 2 heteroatoms. The molecule has 1 heterocycles. The minimum atomic E-state index is 0.865. The largest absolute Gasteiger partial charge is 0.361 e. The summed E-state index contributed by atoms with van der Waals surface area (Å²) in [7, 11) is 0. The minimum Gasteiger partial charge on any atom is -0.361 e. The SMILES string of the molecule is S=C1CN(Cc2ccccc2)c2ccccc21. The summed E-state index contributed by atoms with van der Waals surface area (Å²) in [4.78, 5) is 3.39. The van der Waals surface area contributed by atoms with Crippen LogP contribution in [0.5, 0.6) is 0 Å². The van der Waals surface area contributed by atoms with Gasteiger partial charge in [0, 0.05) is 22.7 Å². The molecule has 0 bridgehead atoms. The topological polar surface area (TPSA) is 3.24 Å². The molecule has 0 atom stereocenters. The van der Waals surface area contributed by atoms with E-state index in [-0.39, 0.29) is 0 Å². The van der Waals surface area contributed by atoms with E-state index in [1.54, 1.807) is 0 Å². The van der Waals surface area contributed by atoms with Crippen LogP contribution in [0.25, 0.3) is 0 Å². The van der Waals surface area contributed by atoms with Crippen molar-refractivity contribution in [1.82, 2.24) is 0 Å². The Hall–Kier alpha value is -1.67. The Morgan fingerprint density at radius 2 is 1.65 bits per heavy atom. The molecule has 0 aromatic heterocycles. The average Bonchev–Trinajstić information content (AvgIpc) is 2.69. The fourth-order valence-corrected chi connectivity index (χ4v) is 2.60. The molecule has 0 spiro atoms. The Bertz CT molecular complexity index is 548. The Kier molecular flexibility index (Phi) is 2.65. The average molecular weight is 239 g/mol. The second kappa shape index (κ2) is 4.30. The van der Waals surface area contributed by atoms with Crippen molar-refractivity contribution >= 4 is 22.8 Å². The molecule has 0 fully saturated rings. The zero-order chi connectivity index (χ0) is 11.7. The molecule has 0 aliphatic carbocycles. The second-order valence-corrected chi connectivity index (χ2v) is 4.77. The van der Waals surface area contributed by atoms with Crippen molar-refractivity contribution in [3.05, 3.63) is 65.7 Å². The summed E-state index contributed by atoms with van der Waals surface area (Å²) in [6, 6.07) is 18.9. The van der Waals surface area contributed by atoms with Crippen LogP contribution >= 0.6 is 12.2 Å². The number of thiocarbonyl (C=S) groups is 1. The lowest BCUT2D eigenvalue weighted by atomic mass is 10.1. The van der Waals surface area contributed by atoms with E-state index < -0.39 is 0 Å². The van der Waals surface area contributed by atoms with Gasteiger partial charge in [-0.25, -0.2) is 0 Å². The number of rotatable bonds is 2. The smallest absolute Gasteiger partial charge is 0.0542 e. The molecule has 0 saturated carbocycles. The lowest BCUT2D eigenvalue weighted by molar-refractivity contribution is 0.905. The monoisotopic (exact) mass is 239 g/mol. The molecular formula is C15H13NS. The van der Waals surface area contributed by atoms with Gasteiger partial charge in [0.25, 0.3) is 0 Å². The van der Waals surface area contributed by atoms with E-state index >= 15 is 0 Å². The van der Waals surface area contributed by atoms with Crippen LogP contribution in [0.4, 0.5) is 5.69 Å². The van der Waals surface area contributed by atoms with Crippen LogP contribution in [0, 0.1) is 0 Å². The van der Waals surface area contributed by atoms with E-state index in [1.165, 1.54) is 16.8 Å². The van der Waals surface area contributed by atoms with Gasteiger partial charge in [-0.2, -0.15) is 0 Å². The van der Waals surface area contributed by atoms with Crippen LogP contribution in [0.2, 0.25) is 0 Å². The Labute approximate surface area is 107 Å². The molecular weight excluding hydrogens is 226 g/mol. The van der Waals surface area contributed by atoms with E-state index in [0.717, 1.165) is 18.0 Å². The Morgan fingerprint density at radius 3 is 2.47 bits per heavy atom. The van der Waals surface area contributed by atoms with E-state index in [1.807, 2.05) is 6.07 Å². The fourth-order valence-electron chi connectivity index (χ4n) is 2.27. The van der Waals surface area contributed by atoms with E-state index in [0.29, 0.717) is 0 Å². The summed E-state index contributed by atoms with van der Waals surface area (Å²) >= 11 is 5.43. The highest BCUT2D eigenvalue weighted by Crippen LogP contribution is 2.29. The van der Waals surface area contributed by atoms with Crippen LogP contribution in [-0.4, -0.2) is 11.4 Å². The van der Waals surface area contributed by atoms with Crippen LogP contribution in [-0.2, 0) is 6.54 Å². The molecule has 1 nitrogen and oxygen atoms in total. The third-order valence-electron chi connectivity index (χ3n) is 3.10. The molecule has 0 N–H and O–H groups in total. The van der Waals surface area contributed by atoms with Gasteiger partial charge in [-0.15, -0.1) is 0 Å². The molecule has 0 amide bonds. The van der Waals surface area contributed by atoms with Gasteiger partial charge in [0.1, 0.15) is 0 Å². The highest BCUT2D eigenvalue weighted by atomic mass is 32.1. The molecule has 3 rings (SSSR count). The molecule has 0 saturated heterocycles. The maximum Gasteiger partial charge on any atom is 0.0542 e. The lowest BCUT2D eigenvalue weighted by Gasteiger charge is -2.18. The predicted octanol–water partition coefficient (Wildman–Crippen LogP) is 3.42. The number of benzene rings is 2. The first-order valence-corrected chi connectivity index (χ1v) is 6.16. The number of hydrogen-bond acceptors (Lipinski definition) is 2. The maximum atomic E-state index is 5.43. The molecule has 1 aliphatic rings. The molecule has 0 unspecified atom stereocenters. The summed E-state index contributed by atoms with van der Waals surface area (Å²) in [6.45, 7) is 1.79. The van der Waals surface area contributed by atoms with Crippen molar-refractivity contribution in [1.29, 1.82) is 0 Å². The van der Waals surface area contributed by atoms with Gasteiger partial charge in [0.15, 0.2) is 0 Å². The summed E-state index contributed by atoms with van der Waals surface area (Å²) in [5, 5.41) is 0. The molecule has 0 radical (unpaired) electrons. The third-order valence-corrected chi connectivity index (χ3v) is 3.44. The number of fused-ring (bicyclic) bond motifs is 1. The maximum absolute atomic E-state index is 5.43. The number of hydrogen-bond donors (Lipinski definition) is 0. The van der Waals surface area contributed by atoms with Gasteiger partial charge < -0.3 is 4.90 Å². The summed E-state index contributed by atoms with van der Waals surface area (Å²) in [5.41, 5.74) is 3.81. The van der Waals surface area contributed by atoms with Crippen molar-refractivity contribution in [2.75, 3.05) is 11.4 Å². The highest BCUT2D eigenvalue weighted by Gasteiger charge is 2.22. The van der Waals surface area contributed by atoms with Crippen molar-refractivity contribution in [2.24, 2.45) is 0 Å². The molecule has 84 valence electrons. The number of para-hydroxylation sites is 1. The number of nitrogens with zero attached hydrogens (tertiary/aromatic N) is 1. The van der Waals surface area contributed by atoms with E-state index in [2.05, 4.69) is 53.4 Å².